The molecule has 0 radical (unpaired) electrons. The Morgan fingerprint density at radius 1 is 1.08 bits per heavy atom. The van der Waals surface area contributed by atoms with Crippen LogP contribution in [0.3, 0.4) is 0 Å². The van der Waals surface area contributed by atoms with Crippen molar-refractivity contribution in [2.45, 2.75) is 24.9 Å². The van der Waals surface area contributed by atoms with Crippen LogP contribution in [0.15, 0.2) is 67.1 Å². The summed E-state index contributed by atoms with van der Waals surface area (Å²) in [4.78, 5) is 33.5. The van der Waals surface area contributed by atoms with Gasteiger partial charge in [-0.25, -0.2) is 9.78 Å². The molecular formula is C25H23F3N4O4. The number of aromatic amines is 2. The zero-order valence-corrected chi connectivity index (χ0v) is 19.0. The van der Waals surface area contributed by atoms with E-state index in [-0.39, 0.29) is 0 Å². The summed E-state index contributed by atoms with van der Waals surface area (Å²) >= 11 is 0. The van der Waals surface area contributed by atoms with Gasteiger partial charge in [-0.05, 0) is 29.7 Å². The fourth-order valence-corrected chi connectivity index (χ4v) is 3.80. The summed E-state index contributed by atoms with van der Waals surface area (Å²) in [6.45, 7) is 1.15. The number of fused-ring (bicyclic) bond motifs is 1. The van der Waals surface area contributed by atoms with Gasteiger partial charge in [-0.1, -0.05) is 30.3 Å². The standard InChI is InChI=1S/C25H23F3N4O4/c26-25(27,28)23(34)36-22(33)14-19(16-5-2-1-3-6-16)20-15-32-21-13-17(7-8-18(20)21)35-12-4-9-29-24-30-10-11-31-24/h1-3,5-8,10-11,13,15,19,32H,4,9,12,14H2,(H2,29,30,31). The Labute approximate surface area is 203 Å². The molecule has 4 aromatic rings. The lowest BCUT2D eigenvalue weighted by Crippen LogP contribution is -2.28. The van der Waals surface area contributed by atoms with E-state index in [4.69, 9.17) is 4.74 Å². The molecular weight excluding hydrogens is 477 g/mol. The number of ether oxygens (including phenoxy) is 2. The normalized spacial score (nSPS) is 12.3. The number of rotatable bonds is 10. The van der Waals surface area contributed by atoms with Crippen LogP contribution < -0.4 is 10.1 Å². The Hall–Kier alpha value is -4.28. The van der Waals surface area contributed by atoms with Crippen LogP contribution in [0, 0.1) is 0 Å². The van der Waals surface area contributed by atoms with Crippen molar-refractivity contribution >= 4 is 28.8 Å². The minimum Gasteiger partial charge on any atom is -0.493 e. The number of carbonyl (C=O) groups is 2. The fourth-order valence-electron chi connectivity index (χ4n) is 3.80. The molecule has 1 unspecified atom stereocenters. The third-order valence-electron chi connectivity index (χ3n) is 5.45. The van der Waals surface area contributed by atoms with E-state index in [1.807, 2.05) is 12.1 Å². The zero-order chi connectivity index (χ0) is 25.5. The quantitative estimate of drug-likeness (QED) is 0.162. The van der Waals surface area contributed by atoms with Gasteiger partial charge in [-0.15, -0.1) is 0 Å². The molecule has 0 fully saturated rings. The molecule has 0 amide bonds. The molecule has 4 rings (SSSR count). The van der Waals surface area contributed by atoms with Crippen LogP contribution in [-0.4, -0.2) is 46.2 Å². The average molecular weight is 500 g/mol. The van der Waals surface area contributed by atoms with Gasteiger partial charge in [0.25, 0.3) is 0 Å². The lowest BCUT2D eigenvalue weighted by molar-refractivity contribution is -0.201. The summed E-state index contributed by atoms with van der Waals surface area (Å²) in [6, 6.07) is 14.2. The van der Waals surface area contributed by atoms with Crippen LogP contribution in [0.1, 0.15) is 29.9 Å². The number of esters is 2. The number of H-pyrrole nitrogens is 2. The Kier molecular flexibility index (Phi) is 7.57. The second kappa shape index (κ2) is 11.0. The Morgan fingerprint density at radius 3 is 2.61 bits per heavy atom. The van der Waals surface area contributed by atoms with E-state index in [1.165, 1.54) is 0 Å². The van der Waals surface area contributed by atoms with Crippen LogP contribution in [-0.2, 0) is 14.3 Å². The largest absolute Gasteiger partial charge is 0.493 e. The Morgan fingerprint density at radius 2 is 1.89 bits per heavy atom. The molecule has 188 valence electrons. The first kappa shape index (κ1) is 24.8. The SMILES string of the molecule is O=C(CC(c1ccccc1)c1c[nH]c2cc(OCCCNc3ncc[nH]3)ccc12)OC(=O)C(F)(F)F. The van der Waals surface area contributed by atoms with Crippen LogP contribution in [0.5, 0.6) is 5.75 Å². The van der Waals surface area contributed by atoms with E-state index in [0.29, 0.717) is 36.0 Å². The summed E-state index contributed by atoms with van der Waals surface area (Å²) in [7, 11) is 0. The van der Waals surface area contributed by atoms with Crippen molar-refractivity contribution in [2.75, 3.05) is 18.5 Å². The smallest absolute Gasteiger partial charge is 0.491 e. The summed E-state index contributed by atoms with van der Waals surface area (Å²) in [5, 5.41) is 3.90. The topological polar surface area (TPSA) is 109 Å². The number of carbonyl (C=O) groups excluding carboxylic acids is 2. The minimum absolute atomic E-state index is 0.445. The molecule has 0 bridgehead atoms. The van der Waals surface area contributed by atoms with Gasteiger partial charge in [0.1, 0.15) is 5.75 Å². The van der Waals surface area contributed by atoms with Crippen molar-refractivity contribution < 1.29 is 32.2 Å². The third-order valence-corrected chi connectivity index (χ3v) is 5.45. The molecule has 2 aromatic carbocycles. The molecule has 0 aliphatic heterocycles. The maximum absolute atomic E-state index is 12.5. The molecule has 8 nitrogen and oxygen atoms in total. The minimum atomic E-state index is -5.25. The van der Waals surface area contributed by atoms with Gasteiger partial charge in [0.2, 0.25) is 0 Å². The van der Waals surface area contributed by atoms with Crippen molar-refractivity contribution in [3.05, 3.63) is 78.2 Å². The summed E-state index contributed by atoms with van der Waals surface area (Å²) in [6.07, 6.45) is 0.128. The van der Waals surface area contributed by atoms with E-state index in [9.17, 15) is 22.8 Å². The van der Waals surface area contributed by atoms with Crippen molar-refractivity contribution in [1.82, 2.24) is 15.0 Å². The number of aromatic nitrogens is 3. The molecule has 11 heteroatoms. The van der Waals surface area contributed by atoms with E-state index < -0.39 is 30.5 Å². The molecule has 0 saturated carbocycles. The monoisotopic (exact) mass is 500 g/mol. The summed E-state index contributed by atoms with van der Waals surface area (Å²) < 4.78 is 47.5. The highest BCUT2D eigenvalue weighted by Gasteiger charge is 2.42. The zero-order valence-electron chi connectivity index (χ0n) is 19.0. The molecule has 0 aliphatic rings. The average Bonchev–Trinajstić information content (AvgIpc) is 3.52. The molecule has 0 spiro atoms. The second-order valence-corrected chi connectivity index (χ2v) is 7.94. The predicted octanol–water partition coefficient (Wildman–Crippen LogP) is 4.93. The number of imidazole rings is 1. The van der Waals surface area contributed by atoms with Crippen LogP contribution in [0.25, 0.3) is 10.9 Å². The first-order valence-electron chi connectivity index (χ1n) is 11.1. The van der Waals surface area contributed by atoms with E-state index >= 15 is 0 Å². The number of nitrogens with one attached hydrogen (secondary N) is 3. The number of hydrogen-bond donors (Lipinski definition) is 3. The second-order valence-electron chi connectivity index (χ2n) is 7.94. The van der Waals surface area contributed by atoms with E-state index in [0.717, 1.165) is 17.3 Å². The highest BCUT2D eigenvalue weighted by Crippen LogP contribution is 2.35. The van der Waals surface area contributed by atoms with Crippen molar-refractivity contribution in [3.8, 4) is 5.75 Å². The highest BCUT2D eigenvalue weighted by atomic mass is 19.4. The first-order chi connectivity index (χ1) is 17.3. The molecule has 3 N–H and O–H groups in total. The molecule has 2 heterocycles. The van der Waals surface area contributed by atoms with E-state index in [1.54, 1.807) is 55.0 Å². The lowest BCUT2D eigenvalue weighted by atomic mass is 9.88. The molecule has 36 heavy (non-hydrogen) atoms. The van der Waals surface area contributed by atoms with Gasteiger partial charge >= 0.3 is 18.1 Å². The van der Waals surface area contributed by atoms with E-state index in [2.05, 4.69) is 25.0 Å². The molecule has 2 aromatic heterocycles. The fraction of sp³-hybridized carbons (Fsp3) is 0.240. The lowest BCUT2D eigenvalue weighted by Gasteiger charge is -2.17. The molecule has 1 atom stereocenters. The number of nitrogens with zero attached hydrogens (tertiary/aromatic N) is 1. The number of halogens is 3. The van der Waals surface area contributed by atoms with Gasteiger partial charge < -0.3 is 24.8 Å². The first-order valence-corrected chi connectivity index (χ1v) is 11.1. The molecule has 0 aliphatic carbocycles. The number of anilines is 1. The highest BCUT2D eigenvalue weighted by molar-refractivity contribution is 5.90. The third kappa shape index (κ3) is 6.23. The van der Waals surface area contributed by atoms with Gasteiger partial charge in [0.05, 0.1) is 13.0 Å². The van der Waals surface area contributed by atoms with Crippen LogP contribution in [0.2, 0.25) is 0 Å². The number of alkyl halides is 3. The van der Waals surface area contributed by atoms with Crippen molar-refractivity contribution in [2.24, 2.45) is 0 Å². The van der Waals surface area contributed by atoms with Crippen molar-refractivity contribution in [1.29, 1.82) is 0 Å². The van der Waals surface area contributed by atoms with Gasteiger partial charge in [-0.3, -0.25) is 4.79 Å². The number of benzene rings is 2. The summed E-state index contributed by atoms with van der Waals surface area (Å²) in [5.41, 5.74) is 2.11. The van der Waals surface area contributed by atoms with Gasteiger partial charge in [-0.2, -0.15) is 13.2 Å². The van der Waals surface area contributed by atoms with Crippen LogP contribution >= 0.6 is 0 Å². The predicted molar refractivity (Wildman–Crippen MR) is 126 cm³/mol. The Bertz CT molecular complexity index is 1300. The van der Waals surface area contributed by atoms with Gasteiger partial charge in [0, 0.05) is 48.0 Å². The number of hydrogen-bond acceptors (Lipinski definition) is 6. The van der Waals surface area contributed by atoms with Crippen LogP contribution in [0.4, 0.5) is 19.1 Å². The maximum atomic E-state index is 12.5. The van der Waals surface area contributed by atoms with Gasteiger partial charge in [0.15, 0.2) is 5.95 Å². The maximum Gasteiger partial charge on any atom is 0.491 e. The molecule has 0 saturated heterocycles. The van der Waals surface area contributed by atoms with Crippen molar-refractivity contribution in [3.63, 3.8) is 0 Å². The Balaban J connectivity index is 1.46. The summed E-state index contributed by atoms with van der Waals surface area (Å²) in [5.74, 6) is -3.09.